The van der Waals surface area contributed by atoms with Gasteiger partial charge in [-0.15, -0.1) is 5.01 Å². The highest BCUT2D eigenvalue weighted by Crippen LogP contribution is 2.30. The van der Waals surface area contributed by atoms with Gasteiger partial charge in [0.25, 0.3) is 5.91 Å². The third-order valence-corrected chi connectivity index (χ3v) is 8.61. The van der Waals surface area contributed by atoms with E-state index in [-0.39, 0.29) is 31.0 Å². The topological polar surface area (TPSA) is 81.7 Å². The first-order chi connectivity index (χ1) is 19.1. The maximum absolute atomic E-state index is 13.9. The number of rotatable bonds is 13. The van der Waals surface area contributed by atoms with E-state index in [0.29, 0.717) is 17.6 Å². The van der Waals surface area contributed by atoms with E-state index in [1.807, 2.05) is 52.0 Å². The molecule has 3 rings (SSSR count). The lowest BCUT2D eigenvalue weighted by atomic mass is 10.0. The molecule has 2 aromatic carbocycles. The molecule has 7 heteroatoms. The summed E-state index contributed by atoms with van der Waals surface area (Å²) in [6.07, 6.45) is 6.38. The Morgan fingerprint density at radius 2 is 1.52 bits per heavy atom. The van der Waals surface area contributed by atoms with Gasteiger partial charge >= 0.3 is 0 Å². The standard InChI is InChI=1S/C33H50N4O3/c1-7-8-11-20-37(21-13-22-38,23-30(39)34-32-27(5)18-17-24(2)28(32)6)36-19-10-9-16-29(36)33(40)35-31-25(3)14-12-15-26(31)4/h12,14-15,17-18,29,38H,7-11,13,16,19-23H2,1-6H3,(H-,34,35,39,40)/p+1. The fourth-order valence-electron chi connectivity index (χ4n) is 6.14. The number of unbranched alkanes of at least 4 members (excludes halogenated alkanes) is 2. The van der Waals surface area contributed by atoms with Crippen LogP contribution < -0.4 is 10.6 Å². The first kappa shape index (κ1) is 31.8. The van der Waals surface area contributed by atoms with E-state index in [2.05, 4.69) is 35.6 Å². The molecular weight excluding hydrogens is 500 g/mol. The molecule has 0 aromatic heterocycles. The van der Waals surface area contributed by atoms with E-state index in [1.54, 1.807) is 0 Å². The van der Waals surface area contributed by atoms with Crippen molar-refractivity contribution in [2.24, 2.45) is 0 Å². The zero-order chi connectivity index (χ0) is 29.3. The second-order valence-electron chi connectivity index (χ2n) is 11.7. The van der Waals surface area contributed by atoms with Crippen LogP contribution in [0.5, 0.6) is 0 Å². The first-order valence-electron chi connectivity index (χ1n) is 15.1. The van der Waals surface area contributed by atoms with Gasteiger partial charge in [-0.05, 0) is 94.5 Å². The van der Waals surface area contributed by atoms with Crippen molar-refractivity contribution in [1.82, 2.24) is 5.01 Å². The molecule has 2 atom stereocenters. The molecule has 1 saturated heterocycles. The Labute approximate surface area is 241 Å². The Bertz CT molecular complexity index is 1140. The minimum absolute atomic E-state index is 0.00938. The molecule has 1 fully saturated rings. The molecule has 0 spiro atoms. The van der Waals surface area contributed by atoms with Crippen molar-refractivity contribution >= 4 is 23.2 Å². The Morgan fingerprint density at radius 1 is 0.875 bits per heavy atom. The number of benzene rings is 2. The zero-order valence-corrected chi connectivity index (χ0v) is 25.6. The minimum Gasteiger partial charge on any atom is -0.396 e. The Kier molecular flexibility index (Phi) is 11.7. The fraction of sp³-hybridized carbons (Fsp3) is 0.576. The fourth-order valence-corrected chi connectivity index (χ4v) is 6.14. The number of anilines is 2. The number of para-hydroxylation sites is 1. The number of carbonyl (C=O) groups is 2. The predicted molar refractivity (Wildman–Crippen MR) is 164 cm³/mol. The molecule has 0 saturated carbocycles. The maximum atomic E-state index is 13.9. The zero-order valence-electron chi connectivity index (χ0n) is 25.6. The Morgan fingerprint density at radius 3 is 2.20 bits per heavy atom. The molecule has 3 N–H and O–H groups in total. The monoisotopic (exact) mass is 551 g/mol. The van der Waals surface area contributed by atoms with Gasteiger partial charge in [-0.1, -0.05) is 43.7 Å². The van der Waals surface area contributed by atoms with Crippen LogP contribution in [0.4, 0.5) is 11.4 Å². The lowest BCUT2D eigenvalue weighted by Crippen LogP contribution is -2.69. The maximum Gasteiger partial charge on any atom is 0.281 e. The smallest absolute Gasteiger partial charge is 0.281 e. The summed E-state index contributed by atoms with van der Waals surface area (Å²) in [4.78, 5) is 27.7. The van der Waals surface area contributed by atoms with Gasteiger partial charge in [0.2, 0.25) is 5.91 Å². The van der Waals surface area contributed by atoms with Gasteiger partial charge in [-0.2, -0.15) is 0 Å². The lowest BCUT2D eigenvalue weighted by Gasteiger charge is -2.50. The number of nitrogens with one attached hydrogen (secondary N) is 2. The van der Waals surface area contributed by atoms with Crippen molar-refractivity contribution in [3.8, 4) is 0 Å². The first-order valence-corrected chi connectivity index (χ1v) is 15.1. The molecule has 1 aliphatic heterocycles. The second-order valence-corrected chi connectivity index (χ2v) is 11.7. The molecule has 2 amide bonds. The molecule has 0 radical (unpaired) electrons. The highest BCUT2D eigenvalue weighted by atomic mass is 16.3. The number of amides is 2. The molecule has 220 valence electrons. The third-order valence-electron chi connectivity index (χ3n) is 8.61. The summed E-state index contributed by atoms with van der Waals surface area (Å²) in [7, 11) is 0. The SMILES string of the molecule is CCCCC[N+](CCCO)(CC(=O)Nc1c(C)ccc(C)c1C)N1CCCCC1C(=O)Nc1c(C)cccc1C. The summed E-state index contributed by atoms with van der Waals surface area (Å²) < 4.78 is 0.390. The second kappa shape index (κ2) is 14.8. The molecule has 0 aliphatic carbocycles. The Balaban J connectivity index is 1.97. The molecule has 0 bridgehead atoms. The highest BCUT2D eigenvalue weighted by Gasteiger charge is 2.45. The quantitative estimate of drug-likeness (QED) is 0.212. The van der Waals surface area contributed by atoms with Crippen LogP contribution in [0.3, 0.4) is 0 Å². The largest absolute Gasteiger partial charge is 0.396 e. The summed E-state index contributed by atoms with van der Waals surface area (Å²) in [5, 5.41) is 18.7. The highest BCUT2D eigenvalue weighted by molar-refractivity contribution is 5.96. The van der Waals surface area contributed by atoms with Gasteiger partial charge in [0, 0.05) is 30.9 Å². The van der Waals surface area contributed by atoms with Crippen molar-refractivity contribution in [2.45, 2.75) is 92.5 Å². The van der Waals surface area contributed by atoms with Gasteiger partial charge in [-0.25, -0.2) is 4.59 Å². The van der Waals surface area contributed by atoms with Crippen molar-refractivity contribution < 1.29 is 19.3 Å². The van der Waals surface area contributed by atoms with Crippen LogP contribution >= 0.6 is 0 Å². The molecule has 1 aliphatic rings. The van der Waals surface area contributed by atoms with Gasteiger partial charge in [0.1, 0.15) is 6.04 Å². The molecule has 40 heavy (non-hydrogen) atoms. The average molecular weight is 552 g/mol. The van der Waals surface area contributed by atoms with E-state index in [1.165, 1.54) is 0 Å². The Hall–Kier alpha value is -2.74. The van der Waals surface area contributed by atoms with Crippen LogP contribution in [0.15, 0.2) is 30.3 Å². The minimum atomic E-state index is -0.344. The number of piperidine rings is 1. The van der Waals surface area contributed by atoms with Crippen LogP contribution in [0, 0.1) is 34.6 Å². The molecule has 2 aromatic rings. The summed E-state index contributed by atoms with van der Waals surface area (Å²) in [6.45, 7) is 14.8. The summed E-state index contributed by atoms with van der Waals surface area (Å²) in [5.74, 6) is -0.0596. The van der Waals surface area contributed by atoms with Crippen LogP contribution in [0.1, 0.15) is 79.7 Å². The van der Waals surface area contributed by atoms with Crippen molar-refractivity contribution in [3.05, 3.63) is 58.1 Å². The number of nitrogens with zero attached hydrogens (tertiary/aromatic N) is 2. The van der Waals surface area contributed by atoms with E-state index in [0.717, 1.165) is 90.8 Å². The van der Waals surface area contributed by atoms with Crippen LogP contribution in [0.2, 0.25) is 0 Å². The van der Waals surface area contributed by atoms with E-state index in [9.17, 15) is 14.7 Å². The number of aryl methyl sites for hydroxylation is 4. The predicted octanol–water partition coefficient (Wildman–Crippen LogP) is 5.96. The summed E-state index contributed by atoms with van der Waals surface area (Å²) in [6, 6.07) is 9.84. The van der Waals surface area contributed by atoms with Crippen molar-refractivity contribution in [3.63, 3.8) is 0 Å². The van der Waals surface area contributed by atoms with Crippen LogP contribution in [0.25, 0.3) is 0 Å². The number of hydrogen-bond donors (Lipinski definition) is 3. The number of aliphatic hydroxyl groups is 1. The van der Waals surface area contributed by atoms with Crippen molar-refractivity contribution in [2.75, 3.05) is 43.4 Å². The lowest BCUT2D eigenvalue weighted by molar-refractivity contribution is -1.03. The number of quaternary nitrogens is 1. The molecule has 1 heterocycles. The van der Waals surface area contributed by atoms with E-state index >= 15 is 0 Å². The summed E-state index contributed by atoms with van der Waals surface area (Å²) in [5.41, 5.74) is 7.11. The molecule has 7 nitrogen and oxygen atoms in total. The molecule has 2 unspecified atom stereocenters. The summed E-state index contributed by atoms with van der Waals surface area (Å²) >= 11 is 0. The third kappa shape index (κ3) is 7.71. The van der Waals surface area contributed by atoms with Crippen molar-refractivity contribution in [1.29, 1.82) is 0 Å². The van der Waals surface area contributed by atoms with Gasteiger partial charge < -0.3 is 15.7 Å². The van der Waals surface area contributed by atoms with Gasteiger partial charge in [0.15, 0.2) is 6.54 Å². The number of aliphatic hydroxyl groups excluding tert-OH is 1. The number of carbonyl (C=O) groups excluding carboxylic acids is 2. The van der Waals surface area contributed by atoms with Crippen LogP contribution in [-0.2, 0) is 9.59 Å². The average Bonchev–Trinajstić information content (AvgIpc) is 2.94. The number of hydrogen-bond acceptors (Lipinski definition) is 4. The van der Waals surface area contributed by atoms with Crippen LogP contribution in [-0.4, -0.2) is 65.3 Å². The van der Waals surface area contributed by atoms with Gasteiger partial charge in [-0.3, -0.25) is 9.59 Å². The normalized spacial score (nSPS) is 17.3. The molecular formula is C33H51N4O3+. The van der Waals surface area contributed by atoms with E-state index in [4.69, 9.17) is 0 Å². The van der Waals surface area contributed by atoms with E-state index < -0.39 is 0 Å². The van der Waals surface area contributed by atoms with Gasteiger partial charge in [0.05, 0.1) is 13.1 Å².